The molecule has 0 radical (unpaired) electrons. The van der Waals surface area contributed by atoms with E-state index in [4.69, 9.17) is 4.74 Å². The van der Waals surface area contributed by atoms with Crippen LogP contribution >= 0.6 is 11.5 Å². The first-order valence-electron chi connectivity index (χ1n) is 7.50. The monoisotopic (exact) mass is 369 g/mol. The third-order valence-corrected chi connectivity index (χ3v) is 4.79. The number of hydrogen-bond donors (Lipinski definition) is 3. The van der Waals surface area contributed by atoms with Gasteiger partial charge in [0, 0.05) is 7.05 Å². The summed E-state index contributed by atoms with van der Waals surface area (Å²) in [5, 5.41) is 6.43. The average molecular weight is 369 g/mol. The second kappa shape index (κ2) is 7.05. The fraction of sp³-hybridized carbons (Fsp3) is 0.500. The highest BCUT2D eigenvalue weighted by molar-refractivity contribution is 7.10. The summed E-state index contributed by atoms with van der Waals surface area (Å²) in [6.45, 7) is 4.30. The third-order valence-electron chi connectivity index (χ3n) is 3.83. The Morgan fingerprint density at radius 1 is 1.40 bits per heavy atom. The number of urea groups is 1. The standard InChI is InChI=1S/C14H19N5O5S/c1-5-14(3)12(22)19(13(23)16-14)17-8(20)6-24-11(21)9-7(2)18-25-10(9)15-4/h15H,5-6H2,1-4H3,(H,16,23)(H,17,20). The SMILES string of the molecule is CCC1(C)NC(=O)N(NC(=O)COC(=O)c2c(C)nsc2NC)C1=O. The van der Waals surface area contributed by atoms with Crippen LogP contribution in [0.4, 0.5) is 9.80 Å². The number of ether oxygens (including phenoxy) is 1. The van der Waals surface area contributed by atoms with E-state index in [9.17, 15) is 19.2 Å². The van der Waals surface area contributed by atoms with Gasteiger partial charge in [-0.05, 0) is 31.8 Å². The van der Waals surface area contributed by atoms with Gasteiger partial charge in [0.25, 0.3) is 11.8 Å². The summed E-state index contributed by atoms with van der Waals surface area (Å²) in [6.07, 6.45) is 0.371. The number of aryl methyl sites for hydroxylation is 1. The number of rotatable bonds is 6. The minimum atomic E-state index is -1.07. The maximum absolute atomic E-state index is 12.2. The van der Waals surface area contributed by atoms with E-state index in [1.807, 2.05) is 0 Å². The molecule has 1 unspecified atom stereocenters. The molecule has 136 valence electrons. The second-order valence-corrected chi connectivity index (χ2v) is 6.36. The number of amides is 4. The summed E-state index contributed by atoms with van der Waals surface area (Å²) in [5.74, 6) is -2.10. The van der Waals surface area contributed by atoms with Gasteiger partial charge in [0.2, 0.25) is 0 Å². The van der Waals surface area contributed by atoms with Crippen molar-refractivity contribution >= 4 is 40.3 Å². The van der Waals surface area contributed by atoms with Gasteiger partial charge in [-0.15, -0.1) is 0 Å². The molecule has 0 aromatic carbocycles. The Kier molecular flexibility index (Phi) is 5.26. The Bertz CT molecular complexity index is 733. The molecule has 1 aliphatic heterocycles. The molecule has 0 aliphatic carbocycles. The van der Waals surface area contributed by atoms with Gasteiger partial charge >= 0.3 is 12.0 Å². The lowest BCUT2D eigenvalue weighted by Crippen LogP contribution is -2.49. The van der Waals surface area contributed by atoms with E-state index in [0.29, 0.717) is 22.1 Å². The topological polar surface area (TPSA) is 130 Å². The molecule has 11 heteroatoms. The zero-order chi connectivity index (χ0) is 18.8. The van der Waals surface area contributed by atoms with Crippen LogP contribution in [0.2, 0.25) is 0 Å². The van der Waals surface area contributed by atoms with Crippen LogP contribution in [-0.4, -0.2) is 52.4 Å². The summed E-state index contributed by atoms with van der Waals surface area (Å²) in [4.78, 5) is 48.0. The summed E-state index contributed by atoms with van der Waals surface area (Å²) >= 11 is 1.10. The number of carbonyl (C=O) groups excluding carboxylic acids is 4. The first-order chi connectivity index (χ1) is 11.7. The molecule has 10 nitrogen and oxygen atoms in total. The van der Waals surface area contributed by atoms with Gasteiger partial charge in [-0.25, -0.2) is 9.59 Å². The van der Waals surface area contributed by atoms with Crippen molar-refractivity contribution in [1.29, 1.82) is 0 Å². The fourth-order valence-corrected chi connectivity index (χ4v) is 2.90. The highest BCUT2D eigenvalue weighted by atomic mass is 32.1. The molecule has 0 spiro atoms. The number of esters is 1. The van der Waals surface area contributed by atoms with E-state index in [1.165, 1.54) is 0 Å². The maximum Gasteiger partial charge on any atom is 0.344 e. The van der Waals surface area contributed by atoms with Crippen molar-refractivity contribution < 1.29 is 23.9 Å². The zero-order valence-electron chi connectivity index (χ0n) is 14.3. The van der Waals surface area contributed by atoms with Crippen LogP contribution in [-0.2, 0) is 14.3 Å². The van der Waals surface area contributed by atoms with Crippen LogP contribution in [0, 0.1) is 6.92 Å². The largest absolute Gasteiger partial charge is 0.452 e. The zero-order valence-corrected chi connectivity index (χ0v) is 15.1. The van der Waals surface area contributed by atoms with E-state index < -0.39 is 36.0 Å². The highest BCUT2D eigenvalue weighted by Gasteiger charge is 2.47. The number of aromatic nitrogens is 1. The van der Waals surface area contributed by atoms with Gasteiger partial charge in [0.15, 0.2) is 6.61 Å². The van der Waals surface area contributed by atoms with Crippen LogP contribution in [0.1, 0.15) is 36.3 Å². The first kappa shape index (κ1) is 18.6. The van der Waals surface area contributed by atoms with Crippen LogP contribution in [0.15, 0.2) is 0 Å². The van der Waals surface area contributed by atoms with E-state index in [-0.39, 0.29) is 5.56 Å². The van der Waals surface area contributed by atoms with E-state index >= 15 is 0 Å². The number of carbonyl (C=O) groups is 4. The van der Waals surface area contributed by atoms with Gasteiger partial charge < -0.3 is 15.4 Å². The van der Waals surface area contributed by atoms with E-state index in [0.717, 1.165) is 11.5 Å². The molecule has 4 amide bonds. The van der Waals surface area contributed by atoms with Gasteiger partial charge in [0.05, 0.1) is 5.69 Å². The lowest BCUT2D eigenvalue weighted by molar-refractivity contribution is -0.139. The predicted octanol–water partition coefficient (Wildman–Crippen LogP) is 0.402. The molecular weight excluding hydrogens is 350 g/mol. The Morgan fingerprint density at radius 2 is 2.08 bits per heavy atom. The average Bonchev–Trinajstić information content (AvgIpc) is 3.05. The van der Waals surface area contributed by atoms with Crippen LogP contribution < -0.4 is 16.1 Å². The van der Waals surface area contributed by atoms with E-state index in [1.54, 1.807) is 27.8 Å². The number of nitrogens with zero attached hydrogens (tertiary/aromatic N) is 2. The molecule has 25 heavy (non-hydrogen) atoms. The highest BCUT2D eigenvalue weighted by Crippen LogP contribution is 2.24. The van der Waals surface area contributed by atoms with Crippen molar-refractivity contribution in [2.24, 2.45) is 0 Å². The Labute approximate surface area is 148 Å². The van der Waals surface area contributed by atoms with Crippen molar-refractivity contribution in [2.75, 3.05) is 19.0 Å². The lowest BCUT2D eigenvalue weighted by Gasteiger charge is -2.19. The Hall–Kier alpha value is -2.69. The Balaban J connectivity index is 1.95. The fourth-order valence-electron chi connectivity index (χ4n) is 2.17. The van der Waals surface area contributed by atoms with Gasteiger partial charge in [0.1, 0.15) is 16.1 Å². The van der Waals surface area contributed by atoms with E-state index in [2.05, 4.69) is 20.4 Å². The number of anilines is 1. The number of hydrazine groups is 1. The van der Waals surface area contributed by atoms with Gasteiger partial charge in [-0.3, -0.25) is 15.0 Å². The Morgan fingerprint density at radius 3 is 2.64 bits per heavy atom. The molecule has 1 atom stereocenters. The summed E-state index contributed by atoms with van der Waals surface area (Å²) in [6, 6.07) is -0.732. The molecule has 2 rings (SSSR count). The third kappa shape index (κ3) is 3.55. The number of hydrogen-bond acceptors (Lipinski definition) is 8. The molecule has 1 aromatic heterocycles. The summed E-state index contributed by atoms with van der Waals surface area (Å²) in [5.41, 5.74) is 1.79. The van der Waals surface area contributed by atoms with Crippen LogP contribution in [0.25, 0.3) is 0 Å². The molecule has 1 fully saturated rings. The van der Waals surface area contributed by atoms with Crippen molar-refractivity contribution in [3.05, 3.63) is 11.3 Å². The molecule has 0 saturated carbocycles. The van der Waals surface area contributed by atoms with Crippen molar-refractivity contribution in [3.63, 3.8) is 0 Å². The minimum Gasteiger partial charge on any atom is -0.452 e. The smallest absolute Gasteiger partial charge is 0.344 e. The molecular formula is C14H19N5O5S. The molecule has 2 heterocycles. The number of imide groups is 1. The lowest BCUT2D eigenvalue weighted by atomic mass is 10.00. The first-order valence-corrected chi connectivity index (χ1v) is 8.28. The molecule has 1 saturated heterocycles. The van der Waals surface area contributed by atoms with Crippen molar-refractivity contribution in [1.82, 2.24) is 20.1 Å². The molecule has 1 aliphatic rings. The van der Waals surface area contributed by atoms with Crippen LogP contribution in [0.3, 0.4) is 0 Å². The summed E-state index contributed by atoms with van der Waals surface area (Å²) < 4.78 is 8.97. The van der Waals surface area contributed by atoms with Crippen LogP contribution in [0.5, 0.6) is 0 Å². The van der Waals surface area contributed by atoms with Crippen molar-refractivity contribution in [2.45, 2.75) is 32.7 Å². The second-order valence-electron chi connectivity index (χ2n) is 5.59. The molecule has 0 bridgehead atoms. The molecule has 3 N–H and O–H groups in total. The van der Waals surface area contributed by atoms with Gasteiger partial charge in [-0.1, -0.05) is 6.92 Å². The summed E-state index contributed by atoms with van der Waals surface area (Å²) in [7, 11) is 1.64. The maximum atomic E-state index is 12.2. The quantitative estimate of drug-likeness (QED) is 0.489. The minimum absolute atomic E-state index is 0.244. The number of nitrogens with one attached hydrogen (secondary N) is 3. The molecule has 1 aromatic rings. The van der Waals surface area contributed by atoms with Gasteiger partial charge in [-0.2, -0.15) is 9.38 Å². The normalized spacial score (nSPS) is 19.6. The predicted molar refractivity (Wildman–Crippen MR) is 88.9 cm³/mol. The van der Waals surface area contributed by atoms with Crippen molar-refractivity contribution in [3.8, 4) is 0 Å².